The lowest BCUT2D eigenvalue weighted by molar-refractivity contribution is -0.153. The summed E-state index contributed by atoms with van der Waals surface area (Å²) in [5.41, 5.74) is 0.981. The standard InChI is InChI=1S/C35H56N6O5/c1-22(2)28(37-32(43)29(23(3)4)38(7)8)34(45)39(9)30(24(5)6)35(46)41-20-14-18-27(41)33(44)40-19-13-17-26(40)31(42)36-21-25-15-11-10-12-16-25/h10-12,15-16,22-24,26-30H,13-14,17-21H2,1-9H3,(H,36,42)(H,37,43)/t26-,27-,28+,29-,30+/m1/s1. The predicted molar refractivity (Wildman–Crippen MR) is 178 cm³/mol. The molecule has 0 radical (unpaired) electrons. The molecule has 0 bridgehead atoms. The van der Waals surface area contributed by atoms with Gasteiger partial charge in [-0.2, -0.15) is 0 Å². The van der Waals surface area contributed by atoms with Gasteiger partial charge in [-0.1, -0.05) is 71.9 Å². The summed E-state index contributed by atoms with van der Waals surface area (Å²) in [5, 5.41) is 5.94. The Morgan fingerprint density at radius 3 is 1.89 bits per heavy atom. The van der Waals surface area contributed by atoms with Crippen molar-refractivity contribution in [1.29, 1.82) is 0 Å². The molecule has 46 heavy (non-hydrogen) atoms. The van der Waals surface area contributed by atoms with E-state index < -0.39 is 30.2 Å². The van der Waals surface area contributed by atoms with Gasteiger partial charge in [0, 0.05) is 26.7 Å². The van der Waals surface area contributed by atoms with Crippen LogP contribution < -0.4 is 10.6 Å². The molecule has 0 aromatic heterocycles. The molecule has 2 heterocycles. The molecule has 11 nitrogen and oxygen atoms in total. The molecule has 0 saturated carbocycles. The van der Waals surface area contributed by atoms with Crippen molar-refractivity contribution in [2.24, 2.45) is 17.8 Å². The normalized spacial score (nSPS) is 20.3. The Kier molecular flexibility index (Phi) is 13.2. The number of likely N-dealkylation sites (tertiary alicyclic amines) is 2. The minimum atomic E-state index is -0.822. The topological polar surface area (TPSA) is 122 Å². The van der Waals surface area contributed by atoms with E-state index in [2.05, 4.69) is 10.6 Å². The Morgan fingerprint density at radius 1 is 0.783 bits per heavy atom. The molecule has 11 heteroatoms. The number of amides is 5. The van der Waals surface area contributed by atoms with Crippen LogP contribution in [0.25, 0.3) is 0 Å². The Bertz CT molecular complexity index is 1210. The van der Waals surface area contributed by atoms with Gasteiger partial charge in [0.25, 0.3) is 0 Å². The number of carbonyl (C=O) groups is 5. The summed E-state index contributed by atoms with van der Waals surface area (Å²) in [6.07, 6.45) is 2.46. The second-order valence-corrected chi connectivity index (χ2v) is 14.1. The zero-order chi connectivity index (χ0) is 34.3. The van der Waals surface area contributed by atoms with Crippen LogP contribution in [-0.4, -0.2) is 114 Å². The zero-order valence-corrected chi connectivity index (χ0v) is 29.3. The van der Waals surface area contributed by atoms with E-state index in [-0.39, 0.29) is 47.3 Å². The number of hydrogen-bond acceptors (Lipinski definition) is 6. The molecular weight excluding hydrogens is 584 g/mol. The van der Waals surface area contributed by atoms with E-state index in [0.29, 0.717) is 38.9 Å². The van der Waals surface area contributed by atoms with Gasteiger partial charge in [0.2, 0.25) is 29.5 Å². The van der Waals surface area contributed by atoms with Gasteiger partial charge in [-0.3, -0.25) is 28.9 Å². The van der Waals surface area contributed by atoms with Crippen molar-refractivity contribution >= 4 is 29.5 Å². The smallest absolute Gasteiger partial charge is 0.246 e. The Balaban J connectivity index is 1.75. The van der Waals surface area contributed by atoms with Gasteiger partial charge in [0.15, 0.2) is 0 Å². The molecule has 5 amide bonds. The molecule has 1 aromatic rings. The third-order valence-corrected chi connectivity index (χ3v) is 9.31. The first-order valence-corrected chi connectivity index (χ1v) is 16.8. The van der Waals surface area contributed by atoms with Crippen LogP contribution in [0.2, 0.25) is 0 Å². The highest BCUT2D eigenvalue weighted by atomic mass is 16.2. The number of likely N-dealkylation sites (N-methyl/N-ethyl adjacent to an activating group) is 2. The Labute approximate surface area is 275 Å². The summed E-state index contributed by atoms with van der Waals surface area (Å²) in [6, 6.07) is 6.32. The zero-order valence-electron chi connectivity index (χ0n) is 29.3. The highest BCUT2D eigenvalue weighted by Gasteiger charge is 2.45. The van der Waals surface area contributed by atoms with Crippen LogP contribution in [0.15, 0.2) is 30.3 Å². The Hall–Kier alpha value is -3.47. The quantitative estimate of drug-likeness (QED) is 0.342. The number of nitrogens with one attached hydrogen (secondary N) is 2. The predicted octanol–water partition coefficient (Wildman–Crippen LogP) is 2.49. The summed E-state index contributed by atoms with van der Waals surface area (Å²) < 4.78 is 0. The van der Waals surface area contributed by atoms with Crippen LogP contribution in [0.5, 0.6) is 0 Å². The first-order chi connectivity index (χ1) is 21.7. The maximum atomic E-state index is 14.2. The van der Waals surface area contributed by atoms with Gasteiger partial charge in [-0.05, 0) is 63.1 Å². The van der Waals surface area contributed by atoms with E-state index in [0.717, 1.165) is 12.0 Å². The highest BCUT2D eigenvalue weighted by molar-refractivity contribution is 5.96. The summed E-state index contributed by atoms with van der Waals surface area (Å²) in [6.45, 7) is 12.7. The Morgan fingerprint density at radius 2 is 1.35 bits per heavy atom. The molecule has 2 aliphatic heterocycles. The number of hydrogen-bond donors (Lipinski definition) is 2. The third-order valence-electron chi connectivity index (χ3n) is 9.31. The maximum absolute atomic E-state index is 14.2. The number of nitrogens with zero attached hydrogens (tertiary/aromatic N) is 4. The fourth-order valence-electron chi connectivity index (χ4n) is 6.99. The summed E-state index contributed by atoms with van der Waals surface area (Å²) >= 11 is 0. The van der Waals surface area contributed by atoms with Crippen molar-refractivity contribution in [3.05, 3.63) is 35.9 Å². The summed E-state index contributed by atoms with van der Waals surface area (Å²) in [7, 11) is 5.29. The third kappa shape index (κ3) is 8.66. The van der Waals surface area contributed by atoms with E-state index in [1.54, 1.807) is 16.8 Å². The van der Waals surface area contributed by atoms with Gasteiger partial charge in [-0.25, -0.2) is 0 Å². The summed E-state index contributed by atoms with van der Waals surface area (Å²) in [4.78, 5) is 75.1. The number of rotatable bonds is 13. The van der Waals surface area contributed by atoms with Gasteiger partial charge >= 0.3 is 0 Å². The molecule has 2 N–H and O–H groups in total. The molecule has 2 saturated heterocycles. The van der Waals surface area contributed by atoms with E-state index in [1.165, 1.54) is 4.90 Å². The van der Waals surface area contributed by atoms with Crippen LogP contribution in [0.3, 0.4) is 0 Å². The average molecular weight is 641 g/mol. The fraction of sp³-hybridized carbons (Fsp3) is 0.686. The molecule has 2 fully saturated rings. The van der Waals surface area contributed by atoms with Crippen molar-refractivity contribution in [3.63, 3.8) is 0 Å². The van der Waals surface area contributed by atoms with Crippen LogP contribution in [0, 0.1) is 17.8 Å². The summed E-state index contributed by atoms with van der Waals surface area (Å²) in [5.74, 6) is -1.67. The molecule has 5 atom stereocenters. The van der Waals surface area contributed by atoms with Gasteiger partial charge in [0.1, 0.15) is 24.2 Å². The first-order valence-electron chi connectivity index (χ1n) is 16.8. The van der Waals surface area contributed by atoms with Crippen molar-refractivity contribution in [1.82, 2.24) is 30.2 Å². The number of benzene rings is 1. The lowest BCUT2D eigenvalue weighted by Gasteiger charge is -2.38. The molecule has 2 aliphatic rings. The van der Waals surface area contributed by atoms with Crippen molar-refractivity contribution < 1.29 is 24.0 Å². The molecule has 256 valence electrons. The average Bonchev–Trinajstić information content (AvgIpc) is 3.68. The first kappa shape index (κ1) is 37.0. The molecule has 1 aromatic carbocycles. The van der Waals surface area contributed by atoms with Crippen molar-refractivity contribution in [3.8, 4) is 0 Å². The minimum absolute atomic E-state index is 0.0374. The van der Waals surface area contributed by atoms with E-state index >= 15 is 0 Å². The largest absolute Gasteiger partial charge is 0.350 e. The van der Waals surface area contributed by atoms with Crippen molar-refractivity contribution in [2.45, 2.75) is 104 Å². The second-order valence-electron chi connectivity index (χ2n) is 14.1. The highest BCUT2D eigenvalue weighted by Crippen LogP contribution is 2.28. The van der Waals surface area contributed by atoms with E-state index in [1.807, 2.05) is 90.9 Å². The lowest BCUT2D eigenvalue weighted by Crippen LogP contribution is -2.61. The lowest BCUT2D eigenvalue weighted by atomic mass is 9.96. The van der Waals surface area contributed by atoms with Crippen molar-refractivity contribution in [2.75, 3.05) is 34.2 Å². The molecule has 0 aliphatic carbocycles. The SMILES string of the molecule is CC(C)[C@H](NC(=O)[C@@H](C(C)C)N(C)C)C(=O)N(C)[C@H](C(=O)N1CCC[C@@H]1C(=O)N1CCC[C@@H]1C(=O)NCc1ccccc1)C(C)C. The van der Waals surface area contributed by atoms with Crippen LogP contribution in [-0.2, 0) is 30.5 Å². The van der Waals surface area contributed by atoms with Crippen LogP contribution in [0.4, 0.5) is 0 Å². The maximum Gasteiger partial charge on any atom is 0.246 e. The molecule has 0 unspecified atom stereocenters. The number of carbonyl (C=O) groups excluding carboxylic acids is 5. The molecule has 3 rings (SSSR count). The van der Waals surface area contributed by atoms with Gasteiger partial charge in [-0.15, -0.1) is 0 Å². The van der Waals surface area contributed by atoms with Crippen LogP contribution in [0.1, 0.15) is 72.8 Å². The molecule has 0 spiro atoms. The molecular formula is C35H56N6O5. The van der Waals surface area contributed by atoms with E-state index in [4.69, 9.17) is 0 Å². The monoisotopic (exact) mass is 640 g/mol. The van der Waals surface area contributed by atoms with Gasteiger partial charge < -0.3 is 25.3 Å². The van der Waals surface area contributed by atoms with E-state index in [9.17, 15) is 24.0 Å². The van der Waals surface area contributed by atoms with Crippen LogP contribution >= 0.6 is 0 Å². The minimum Gasteiger partial charge on any atom is -0.350 e. The fourth-order valence-corrected chi connectivity index (χ4v) is 6.99. The van der Waals surface area contributed by atoms with Gasteiger partial charge in [0.05, 0.1) is 6.04 Å². The second kappa shape index (κ2) is 16.4.